The van der Waals surface area contributed by atoms with Crippen LogP contribution in [0.1, 0.15) is 33.1 Å². The van der Waals surface area contributed by atoms with E-state index in [2.05, 4.69) is 5.32 Å². The first-order chi connectivity index (χ1) is 7.59. The zero-order valence-electron chi connectivity index (χ0n) is 9.82. The average molecular weight is 229 g/mol. The van der Waals surface area contributed by atoms with Crippen molar-refractivity contribution in [3.05, 3.63) is 0 Å². The molecule has 1 fully saturated rings. The molecule has 0 aromatic rings. The number of hydrogen-bond acceptors (Lipinski definition) is 5. The van der Waals surface area contributed by atoms with Crippen LogP contribution in [0.3, 0.4) is 0 Å². The average Bonchev–Trinajstić information content (AvgIpc) is 2.67. The van der Waals surface area contributed by atoms with Gasteiger partial charge in [-0.1, -0.05) is 0 Å². The summed E-state index contributed by atoms with van der Waals surface area (Å²) in [4.78, 5) is 21.6. The smallest absolute Gasteiger partial charge is 0.302 e. The summed E-state index contributed by atoms with van der Waals surface area (Å²) in [6.45, 7) is 4.02. The lowest BCUT2D eigenvalue weighted by molar-refractivity contribution is -0.149. The molecular weight excluding hydrogens is 210 g/mol. The largest absolute Gasteiger partial charge is 0.466 e. The molecule has 5 heteroatoms. The number of carbonyl (C=O) groups excluding carboxylic acids is 2. The minimum absolute atomic E-state index is 0.194. The summed E-state index contributed by atoms with van der Waals surface area (Å²) < 4.78 is 10.1. The maximum Gasteiger partial charge on any atom is 0.302 e. The molecule has 0 aromatic heterocycles. The number of hydrogen-bond donors (Lipinski definition) is 1. The van der Waals surface area contributed by atoms with E-state index in [1.165, 1.54) is 13.8 Å². The van der Waals surface area contributed by atoms with E-state index >= 15 is 0 Å². The highest BCUT2D eigenvalue weighted by Crippen LogP contribution is 2.15. The van der Waals surface area contributed by atoms with Gasteiger partial charge >= 0.3 is 11.9 Å². The summed E-state index contributed by atoms with van der Waals surface area (Å²) in [5, 5.41) is 3.28. The maximum atomic E-state index is 11.0. The Kier molecular flexibility index (Phi) is 5.25. The van der Waals surface area contributed by atoms with Crippen molar-refractivity contribution in [1.29, 1.82) is 0 Å². The highest BCUT2D eigenvalue weighted by molar-refractivity contribution is 5.66. The Bertz CT molecular complexity index is 248. The van der Waals surface area contributed by atoms with Crippen LogP contribution < -0.4 is 5.32 Å². The van der Waals surface area contributed by atoms with Crippen molar-refractivity contribution >= 4 is 11.9 Å². The third-order valence-electron chi connectivity index (χ3n) is 2.57. The van der Waals surface area contributed by atoms with Crippen LogP contribution >= 0.6 is 0 Å². The molecule has 1 aliphatic rings. The Hall–Kier alpha value is -1.10. The molecule has 16 heavy (non-hydrogen) atoms. The van der Waals surface area contributed by atoms with Crippen molar-refractivity contribution in [3.63, 3.8) is 0 Å². The molecule has 1 rings (SSSR count). The Morgan fingerprint density at radius 2 is 2.12 bits per heavy atom. The van der Waals surface area contributed by atoms with Crippen molar-refractivity contribution in [2.75, 3.05) is 13.2 Å². The van der Waals surface area contributed by atoms with E-state index in [4.69, 9.17) is 9.47 Å². The molecule has 0 amide bonds. The molecule has 0 spiro atoms. The molecule has 0 aliphatic carbocycles. The van der Waals surface area contributed by atoms with Crippen LogP contribution in [-0.4, -0.2) is 37.2 Å². The summed E-state index contributed by atoms with van der Waals surface area (Å²) in [5.74, 6) is -0.595. The van der Waals surface area contributed by atoms with Crippen LogP contribution in [0.25, 0.3) is 0 Å². The predicted octanol–water partition coefficient (Wildman–Crippen LogP) is 0.623. The first-order valence-corrected chi connectivity index (χ1v) is 5.63. The third-order valence-corrected chi connectivity index (χ3v) is 2.57. The van der Waals surface area contributed by atoms with Crippen LogP contribution in [0.5, 0.6) is 0 Å². The monoisotopic (exact) mass is 229 g/mol. The minimum atomic E-state index is -0.305. The molecular formula is C11H19NO4. The fraction of sp³-hybridized carbons (Fsp3) is 0.818. The van der Waals surface area contributed by atoms with Gasteiger partial charge in [-0.15, -0.1) is 0 Å². The maximum absolute atomic E-state index is 11.0. The van der Waals surface area contributed by atoms with E-state index in [1.54, 1.807) is 0 Å². The number of nitrogens with one attached hydrogen (secondary N) is 1. The summed E-state index contributed by atoms with van der Waals surface area (Å²) in [5.41, 5.74) is 0. The zero-order valence-corrected chi connectivity index (χ0v) is 9.82. The van der Waals surface area contributed by atoms with Crippen LogP contribution in [0.2, 0.25) is 0 Å². The predicted molar refractivity (Wildman–Crippen MR) is 57.8 cm³/mol. The normalized spacial score (nSPS) is 21.5. The van der Waals surface area contributed by atoms with E-state index in [0.29, 0.717) is 13.0 Å². The molecule has 0 bridgehead atoms. The fourth-order valence-electron chi connectivity index (χ4n) is 1.90. The van der Waals surface area contributed by atoms with Gasteiger partial charge in [-0.3, -0.25) is 9.59 Å². The molecule has 0 radical (unpaired) electrons. The van der Waals surface area contributed by atoms with Crippen molar-refractivity contribution in [2.24, 2.45) is 0 Å². The minimum Gasteiger partial charge on any atom is -0.466 e. The van der Waals surface area contributed by atoms with Crippen LogP contribution in [0.4, 0.5) is 0 Å². The standard InChI is InChI=1S/C11H19NO4/c1-8(13)15-7-5-11(16-9(2)14)10-4-3-6-12-10/h10-12H,3-7H2,1-2H3. The van der Waals surface area contributed by atoms with Crippen LogP contribution in [-0.2, 0) is 19.1 Å². The second-order valence-corrected chi connectivity index (χ2v) is 3.98. The van der Waals surface area contributed by atoms with Gasteiger partial charge < -0.3 is 14.8 Å². The van der Waals surface area contributed by atoms with Gasteiger partial charge in [0.1, 0.15) is 6.10 Å². The topological polar surface area (TPSA) is 64.6 Å². The molecule has 0 saturated carbocycles. The molecule has 1 N–H and O–H groups in total. The quantitative estimate of drug-likeness (QED) is 0.700. The Morgan fingerprint density at radius 3 is 2.62 bits per heavy atom. The molecule has 92 valence electrons. The highest BCUT2D eigenvalue weighted by Gasteiger charge is 2.26. The van der Waals surface area contributed by atoms with Crippen molar-refractivity contribution in [3.8, 4) is 0 Å². The van der Waals surface area contributed by atoms with Gasteiger partial charge in [0.15, 0.2) is 0 Å². The molecule has 2 unspecified atom stereocenters. The lowest BCUT2D eigenvalue weighted by Gasteiger charge is -2.23. The SMILES string of the molecule is CC(=O)OCCC(OC(C)=O)C1CCCN1. The second-order valence-electron chi connectivity index (χ2n) is 3.98. The van der Waals surface area contributed by atoms with Gasteiger partial charge in [0, 0.05) is 26.3 Å². The van der Waals surface area contributed by atoms with Gasteiger partial charge in [0.2, 0.25) is 0 Å². The highest BCUT2D eigenvalue weighted by atomic mass is 16.6. The summed E-state index contributed by atoms with van der Waals surface area (Å²) in [7, 11) is 0. The molecule has 5 nitrogen and oxygen atoms in total. The molecule has 1 heterocycles. The van der Waals surface area contributed by atoms with E-state index in [0.717, 1.165) is 19.4 Å². The third kappa shape index (κ3) is 4.61. The molecule has 2 atom stereocenters. The van der Waals surface area contributed by atoms with Gasteiger partial charge in [-0.05, 0) is 19.4 Å². The van der Waals surface area contributed by atoms with E-state index in [9.17, 15) is 9.59 Å². The van der Waals surface area contributed by atoms with Crippen molar-refractivity contribution in [2.45, 2.75) is 45.3 Å². The first kappa shape index (κ1) is 13.0. The van der Waals surface area contributed by atoms with Gasteiger partial charge in [0.05, 0.1) is 6.61 Å². The Labute approximate surface area is 95.5 Å². The number of rotatable bonds is 5. The fourth-order valence-corrected chi connectivity index (χ4v) is 1.90. The first-order valence-electron chi connectivity index (χ1n) is 5.63. The molecule has 0 aromatic carbocycles. The second kappa shape index (κ2) is 6.48. The Balaban J connectivity index is 2.36. The number of esters is 2. The summed E-state index contributed by atoms with van der Waals surface area (Å²) in [6.07, 6.45) is 2.45. The molecule has 1 aliphatic heterocycles. The number of ether oxygens (including phenoxy) is 2. The lowest BCUT2D eigenvalue weighted by Crippen LogP contribution is -2.38. The van der Waals surface area contributed by atoms with E-state index in [1.807, 2.05) is 0 Å². The zero-order chi connectivity index (χ0) is 12.0. The summed E-state index contributed by atoms with van der Waals surface area (Å²) in [6, 6.07) is 0.194. The summed E-state index contributed by atoms with van der Waals surface area (Å²) >= 11 is 0. The van der Waals surface area contributed by atoms with Crippen molar-refractivity contribution < 1.29 is 19.1 Å². The van der Waals surface area contributed by atoms with Gasteiger partial charge in [-0.25, -0.2) is 0 Å². The molecule has 1 saturated heterocycles. The van der Waals surface area contributed by atoms with Crippen LogP contribution in [0.15, 0.2) is 0 Å². The van der Waals surface area contributed by atoms with Crippen LogP contribution in [0, 0.1) is 0 Å². The lowest BCUT2D eigenvalue weighted by atomic mass is 10.1. The van der Waals surface area contributed by atoms with Gasteiger partial charge in [-0.2, -0.15) is 0 Å². The van der Waals surface area contributed by atoms with Gasteiger partial charge in [0.25, 0.3) is 0 Å². The Morgan fingerprint density at radius 1 is 1.38 bits per heavy atom. The van der Waals surface area contributed by atoms with E-state index < -0.39 is 0 Å². The van der Waals surface area contributed by atoms with Crippen molar-refractivity contribution in [1.82, 2.24) is 5.32 Å². The number of carbonyl (C=O) groups is 2. The van der Waals surface area contributed by atoms with E-state index in [-0.39, 0.29) is 24.1 Å².